The van der Waals surface area contributed by atoms with E-state index in [0.29, 0.717) is 13.0 Å². The number of sulfonamides is 1. The van der Waals surface area contributed by atoms with Crippen LogP contribution in [0.25, 0.3) is 0 Å². The molecule has 0 radical (unpaired) electrons. The molecule has 0 aliphatic carbocycles. The molecule has 6 nitrogen and oxygen atoms in total. The molecular weight excluding hydrogens is 270 g/mol. The minimum Gasteiger partial charge on any atom is -0.478 e. The van der Waals surface area contributed by atoms with Crippen molar-refractivity contribution in [3.05, 3.63) is 17.1 Å². The molecule has 2 N–H and O–H groups in total. The van der Waals surface area contributed by atoms with E-state index in [0.717, 1.165) is 12.8 Å². The first-order chi connectivity index (χ1) is 8.81. The molecule has 108 valence electrons. The summed E-state index contributed by atoms with van der Waals surface area (Å²) in [7, 11) is -3.85. The Balaban J connectivity index is 3.04. The van der Waals surface area contributed by atoms with Crippen molar-refractivity contribution >= 4 is 16.0 Å². The summed E-state index contributed by atoms with van der Waals surface area (Å²) in [6.45, 7) is 5.19. The number of nitrogens with one attached hydrogen (secondary N) is 1. The molecule has 0 spiro atoms. The Morgan fingerprint density at radius 3 is 2.42 bits per heavy atom. The summed E-state index contributed by atoms with van der Waals surface area (Å²) >= 11 is 0. The summed E-state index contributed by atoms with van der Waals surface area (Å²) in [6.07, 6.45) is 2.61. The van der Waals surface area contributed by atoms with Crippen molar-refractivity contribution in [2.75, 3.05) is 6.54 Å². The first-order valence-corrected chi connectivity index (χ1v) is 7.62. The van der Waals surface area contributed by atoms with Gasteiger partial charge in [0.25, 0.3) is 0 Å². The molecule has 0 aliphatic rings. The van der Waals surface area contributed by atoms with Crippen LogP contribution < -0.4 is 4.72 Å². The molecule has 0 saturated heterocycles. The molecule has 19 heavy (non-hydrogen) atoms. The number of aryl methyl sites for hydroxylation is 2. The first-order valence-electron chi connectivity index (χ1n) is 6.14. The first kappa shape index (κ1) is 15.7. The molecule has 0 amide bonds. The lowest BCUT2D eigenvalue weighted by Gasteiger charge is -2.06. The fraction of sp³-hybridized carbons (Fsp3) is 0.583. The predicted molar refractivity (Wildman–Crippen MR) is 69.9 cm³/mol. The molecular formula is C12H19NO5S. The Kier molecular flexibility index (Phi) is 5.13. The topological polar surface area (TPSA) is 96.6 Å². The van der Waals surface area contributed by atoms with E-state index in [1.54, 1.807) is 0 Å². The van der Waals surface area contributed by atoms with Crippen LogP contribution in [0.4, 0.5) is 0 Å². The molecule has 0 fully saturated rings. The number of furan rings is 1. The molecule has 1 heterocycles. The fourth-order valence-corrected chi connectivity index (χ4v) is 3.37. The largest absolute Gasteiger partial charge is 0.478 e. The van der Waals surface area contributed by atoms with Gasteiger partial charge in [-0.2, -0.15) is 0 Å². The van der Waals surface area contributed by atoms with Crippen molar-refractivity contribution in [3.8, 4) is 0 Å². The van der Waals surface area contributed by atoms with Crippen LogP contribution in [0.5, 0.6) is 0 Å². The molecule has 0 aromatic carbocycles. The Morgan fingerprint density at radius 1 is 1.26 bits per heavy atom. The van der Waals surface area contributed by atoms with Gasteiger partial charge < -0.3 is 9.52 Å². The molecule has 0 aliphatic heterocycles. The maximum atomic E-state index is 12.1. The van der Waals surface area contributed by atoms with E-state index in [-0.39, 0.29) is 22.0 Å². The third kappa shape index (κ3) is 3.57. The van der Waals surface area contributed by atoms with E-state index in [9.17, 15) is 13.2 Å². The van der Waals surface area contributed by atoms with Crippen LogP contribution in [0.2, 0.25) is 0 Å². The number of carbonyl (C=O) groups is 1. The minimum absolute atomic E-state index is 0.0953. The highest BCUT2D eigenvalue weighted by molar-refractivity contribution is 7.89. The summed E-state index contributed by atoms with van der Waals surface area (Å²) < 4.78 is 31.8. The van der Waals surface area contributed by atoms with Gasteiger partial charge in [0.2, 0.25) is 10.0 Å². The van der Waals surface area contributed by atoms with Crippen molar-refractivity contribution < 1.29 is 22.7 Å². The summed E-state index contributed by atoms with van der Waals surface area (Å²) in [5.41, 5.74) is -0.291. The summed E-state index contributed by atoms with van der Waals surface area (Å²) in [6, 6.07) is 0. The van der Waals surface area contributed by atoms with Crippen LogP contribution in [0.1, 0.15) is 48.1 Å². The quantitative estimate of drug-likeness (QED) is 0.749. The maximum Gasteiger partial charge on any atom is 0.340 e. The number of hydrogen-bond acceptors (Lipinski definition) is 4. The minimum atomic E-state index is -3.85. The van der Waals surface area contributed by atoms with Gasteiger partial charge in [0, 0.05) is 6.54 Å². The highest BCUT2D eigenvalue weighted by atomic mass is 32.2. The molecule has 1 aromatic rings. The van der Waals surface area contributed by atoms with Crippen molar-refractivity contribution in [1.29, 1.82) is 0 Å². The van der Waals surface area contributed by atoms with E-state index < -0.39 is 16.0 Å². The van der Waals surface area contributed by atoms with E-state index in [1.165, 1.54) is 13.8 Å². The zero-order valence-corrected chi connectivity index (χ0v) is 12.1. The SMILES string of the molecule is CCCCCNS(=O)(=O)c1c(C)oc(C)c1C(=O)O. The van der Waals surface area contributed by atoms with Crippen LogP contribution in [0.3, 0.4) is 0 Å². The summed E-state index contributed by atoms with van der Waals surface area (Å²) in [5, 5.41) is 9.08. The zero-order chi connectivity index (χ0) is 14.6. The van der Waals surface area contributed by atoms with Crippen molar-refractivity contribution in [1.82, 2.24) is 4.72 Å². The van der Waals surface area contributed by atoms with E-state index >= 15 is 0 Å². The smallest absolute Gasteiger partial charge is 0.340 e. The maximum absolute atomic E-state index is 12.1. The fourth-order valence-electron chi connectivity index (χ4n) is 1.89. The molecule has 1 rings (SSSR count). The van der Waals surface area contributed by atoms with Crippen LogP contribution in [-0.4, -0.2) is 26.0 Å². The number of carboxylic acid groups (broad SMARTS) is 1. The molecule has 0 unspecified atom stereocenters. The van der Waals surface area contributed by atoms with Crippen molar-refractivity contribution in [2.45, 2.75) is 44.9 Å². The van der Waals surface area contributed by atoms with Crippen LogP contribution in [-0.2, 0) is 10.0 Å². The number of aromatic carboxylic acids is 1. The van der Waals surface area contributed by atoms with Gasteiger partial charge in [-0.15, -0.1) is 0 Å². The van der Waals surface area contributed by atoms with Gasteiger partial charge in [-0.1, -0.05) is 19.8 Å². The lowest BCUT2D eigenvalue weighted by molar-refractivity contribution is 0.0691. The zero-order valence-electron chi connectivity index (χ0n) is 11.3. The van der Waals surface area contributed by atoms with E-state index in [4.69, 9.17) is 9.52 Å². The standard InChI is InChI=1S/C12H19NO5S/c1-4-5-6-7-13-19(16,17)11-9(3)18-8(2)10(11)12(14)15/h13H,4-7H2,1-3H3,(H,14,15). The van der Waals surface area contributed by atoms with Crippen molar-refractivity contribution in [2.24, 2.45) is 0 Å². The summed E-state index contributed by atoms with van der Waals surface area (Å²) in [5.74, 6) is -1.11. The Bertz CT molecular complexity index is 559. The van der Waals surface area contributed by atoms with E-state index in [2.05, 4.69) is 4.72 Å². The Labute approximate surface area is 112 Å². The molecule has 1 aromatic heterocycles. The van der Waals surface area contributed by atoms with Gasteiger partial charge in [-0.3, -0.25) is 0 Å². The lowest BCUT2D eigenvalue weighted by atomic mass is 10.2. The van der Waals surface area contributed by atoms with Gasteiger partial charge in [0.1, 0.15) is 22.0 Å². The third-order valence-corrected chi connectivity index (χ3v) is 4.37. The highest BCUT2D eigenvalue weighted by Crippen LogP contribution is 2.26. The molecule has 0 bridgehead atoms. The molecule has 7 heteroatoms. The predicted octanol–water partition coefficient (Wildman–Crippen LogP) is 2.06. The second kappa shape index (κ2) is 6.21. The average molecular weight is 289 g/mol. The number of rotatable bonds is 7. The van der Waals surface area contributed by atoms with E-state index in [1.807, 2.05) is 6.92 Å². The van der Waals surface area contributed by atoms with Crippen LogP contribution >= 0.6 is 0 Å². The second-order valence-corrected chi connectivity index (χ2v) is 6.03. The van der Waals surface area contributed by atoms with Gasteiger partial charge in [-0.05, 0) is 20.3 Å². The highest BCUT2D eigenvalue weighted by Gasteiger charge is 2.30. The Morgan fingerprint density at radius 2 is 1.89 bits per heavy atom. The molecule has 0 atom stereocenters. The lowest BCUT2D eigenvalue weighted by Crippen LogP contribution is -2.26. The van der Waals surface area contributed by atoms with Crippen molar-refractivity contribution in [3.63, 3.8) is 0 Å². The Hall–Kier alpha value is -1.34. The second-order valence-electron chi connectivity index (χ2n) is 4.33. The van der Waals surface area contributed by atoms with Gasteiger partial charge in [0.15, 0.2) is 0 Å². The van der Waals surface area contributed by atoms with Gasteiger partial charge in [0.05, 0.1) is 0 Å². The third-order valence-electron chi connectivity index (χ3n) is 2.76. The molecule has 0 saturated carbocycles. The van der Waals surface area contributed by atoms with Crippen LogP contribution in [0.15, 0.2) is 9.31 Å². The number of unbranched alkanes of at least 4 members (excludes halogenated alkanes) is 2. The number of hydrogen-bond donors (Lipinski definition) is 2. The van der Waals surface area contributed by atoms with Gasteiger partial charge in [-0.25, -0.2) is 17.9 Å². The van der Waals surface area contributed by atoms with Crippen LogP contribution in [0, 0.1) is 13.8 Å². The average Bonchev–Trinajstić information content (AvgIpc) is 2.60. The monoisotopic (exact) mass is 289 g/mol. The number of carboxylic acids is 1. The normalized spacial score (nSPS) is 11.7. The summed E-state index contributed by atoms with van der Waals surface area (Å²) in [4.78, 5) is 10.9. The van der Waals surface area contributed by atoms with Gasteiger partial charge >= 0.3 is 5.97 Å².